The fraction of sp³-hybridized carbons (Fsp3) is 0.500. The zero-order chi connectivity index (χ0) is 14.1. The number of hydrogen-bond donors (Lipinski definition) is 1. The first kappa shape index (κ1) is 13.3. The topological polar surface area (TPSA) is 51.0 Å². The maximum absolute atomic E-state index is 5.54. The van der Waals surface area contributed by atoms with E-state index in [1.54, 1.807) is 0 Å². The molecule has 2 heterocycles. The first-order valence-corrected chi connectivity index (χ1v) is 8.80. The summed E-state index contributed by atoms with van der Waals surface area (Å²) in [7, 11) is 0. The van der Waals surface area contributed by atoms with E-state index < -0.39 is 0 Å². The summed E-state index contributed by atoms with van der Waals surface area (Å²) < 4.78 is 5.54. The number of nitrogens with one attached hydrogen (secondary N) is 1. The zero-order valence-corrected chi connectivity index (χ0v) is 12.7. The van der Waals surface area contributed by atoms with Gasteiger partial charge in [0.25, 0.3) is 0 Å². The van der Waals surface area contributed by atoms with Crippen molar-refractivity contribution >= 4 is 11.8 Å². The van der Waals surface area contributed by atoms with Gasteiger partial charge in [0.05, 0.1) is 6.04 Å². The van der Waals surface area contributed by atoms with Crippen LogP contribution in [0.25, 0.3) is 0 Å². The molecular formula is C16H19N3OS. The van der Waals surface area contributed by atoms with Crippen molar-refractivity contribution in [2.45, 2.75) is 31.2 Å². The van der Waals surface area contributed by atoms with Crippen LogP contribution >= 0.6 is 11.8 Å². The monoisotopic (exact) mass is 301 g/mol. The second-order valence-electron chi connectivity index (χ2n) is 5.72. The Morgan fingerprint density at radius 1 is 1.29 bits per heavy atom. The molecule has 21 heavy (non-hydrogen) atoms. The molecule has 0 radical (unpaired) electrons. The second kappa shape index (κ2) is 5.81. The molecule has 2 aliphatic rings. The molecular weight excluding hydrogens is 282 g/mol. The van der Waals surface area contributed by atoms with Gasteiger partial charge in [-0.2, -0.15) is 16.7 Å². The molecule has 1 fully saturated rings. The van der Waals surface area contributed by atoms with Gasteiger partial charge in [0, 0.05) is 24.0 Å². The third kappa shape index (κ3) is 2.60. The Morgan fingerprint density at radius 3 is 3.14 bits per heavy atom. The van der Waals surface area contributed by atoms with Gasteiger partial charge in [0.15, 0.2) is 5.82 Å². The lowest BCUT2D eigenvalue weighted by molar-refractivity contribution is 0.337. The van der Waals surface area contributed by atoms with Crippen LogP contribution in [0.2, 0.25) is 0 Å². The van der Waals surface area contributed by atoms with E-state index in [9.17, 15) is 0 Å². The Labute approximate surface area is 128 Å². The van der Waals surface area contributed by atoms with Gasteiger partial charge < -0.3 is 9.84 Å². The second-order valence-corrected chi connectivity index (χ2v) is 6.87. The van der Waals surface area contributed by atoms with E-state index in [1.165, 1.54) is 17.5 Å². The molecule has 2 atom stereocenters. The van der Waals surface area contributed by atoms with Crippen LogP contribution in [0.15, 0.2) is 28.8 Å². The van der Waals surface area contributed by atoms with E-state index in [0.717, 1.165) is 42.6 Å². The van der Waals surface area contributed by atoms with Gasteiger partial charge in [-0.1, -0.05) is 29.4 Å². The van der Waals surface area contributed by atoms with Crippen LogP contribution in [0.3, 0.4) is 0 Å². The Morgan fingerprint density at radius 2 is 2.24 bits per heavy atom. The Bertz CT molecular complexity index is 621. The molecule has 1 aromatic heterocycles. The lowest BCUT2D eigenvalue weighted by Crippen LogP contribution is -2.30. The van der Waals surface area contributed by atoms with Crippen LogP contribution in [0, 0.1) is 0 Å². The molecule has 1 N–H and O–H groups in total. The highest BCUT2D eigenvalue weighted by atomic mass is 32.2. The summed E-state index contributed by atoms with van der Waals surface area (Å²) in [6.07, 6.45) is 3.48. The number of nitrogens with zero attached hydrogens (tertiary/aromatic N) is 2. The van der Waals surface area contributed by atoms with Crippen molar-refractivity contribution in [3.05, 3.63) is 47.1 Å². The summed E-state index contributed by atoms with van der Waals surface area (Å²) in [4.78, 5) is 4.70. The molecule has 1 saturated heterocycles. The molecule has 1 aliphatic heterocycles. The number of aryl methyl sites for hydroxylation is 1. The molecule has 0 amide bonds. The van der Waals surface area contributed by atoms with Crippen molar-refractivity contribution < 1.29 is 4.52 Å². The normalized spacial score (nSPS) is 25.5. The van der Waals surface area contributed by atoms with E-state index in [2.05, 4.69) is 34.7 Å². The van der Waals surface area contributed by atoms with E-state index in [-0.39, 0.29) is 6.04 Å². The molecule has 5 heteroatoms. The average Bonchev–Trinajstić information content (AvgIpc) is 3.05. The standard InChI is InChI=1S/C16H19N3OS/c1-2-6-12-11(4-1)5-3-7-13(12)15-18-16(20-19-15)14-10-21-9-8-17-14/h1-2,4,6,13-14,17H,3,5,7-10H2. The largest absolute Gasteiger partial charge is 0.338 e. The Hall–Kier alpha value is -1.33. The fourth-order valence-electron chi connectivity index (χ4n) is 3.28. The highest BCUT2D eigenvalue weighted by Crippen LogP contribution is 2.35. The van der Waals surface area contributed by atoms with Gasteiger partial charge in [0.1, 0.15) is 0 Å². The van der Waals surface area contributed by atoms with Crippen molar-refractivity contribution in [1.29, 1.82) is 0 Å². The molecule has 0 bridgehead atoms. The number of rotatable bonds is 2. The first-order chi connectivity index (χ1) is 10.4. The summed E-state index contributed by atoms with van der Waals surface area (Å²) in [6, 6.07) is 8.87. The zero-order valence-electron chi connectivity index (χ0n) is 11.9. The fourth-order valence-corrected chi connectivity index (χ4v) is 4.20. The highest BCUT2D eigenvalue weighted by Gasteiger charge is 2.28. The number of thioether (sulfide) groups is 1. The van der Waals surface area contributed by atoms with Crippen molar-refractivity contribution in [1.82, 2.24) is 15.5 Å². The van der Waals surface area contributed by atoms with Gasteiger partial charge in [-0.3, -0.25) is 0 Å². The van der Waals surface area contributed by atoms with Crippen molar-refractivity contribution in [3.63, 3.8) is 0 Å². The summed E-state index contributed by atoms with van der Waals surface area (Å²) in [5, 5.41) is 7.73. The third-order valence-corrected chi connectivity index (χ3v) is 5.42. The SMILES string of the molecule is c1ccc2c(c1)CCCC2c1noc(C2CSCCN2)n1. The van der Waals surface area contributed by atoms with Crippen molar-refractivity contribution in [2.24, 2.45) is 0 Å². The van der Waals surface area contributed by atoms with Gasteiger partial charge in [-0.15, -0.1) is 0 Å². The molecule has 4 nitrogen and oxygen atoms in total. The van der Waals surface area contributed by atoms with E-state index in [0.29, 0.717) is 5.92 Å². The number of fused-ring (bicyclic) bond motifs is 1. The van der Waals surface area contributed by atoms with Crippen molar-refractivity contribution in [3.8, 4) is 0 Å². The minimum absolute atomic E-state index is 0.212. The summed E-state index contributed by atoms with van der Waals surface area (Å²) >= 11 is 1.94. The summed E-state index contributed by atoms with van der Waals surface area (Å²) in [6.45, 7) is 1.01. The maximum atomic E-state index is 5.54. The predicted molar refractivity (Wildman–Crippen MR) is 83.6 cm³/mol. The lowest BCUT2D eigenvalue weighted by atomic mass is 9.82. The molecule has 0 spiro atoms. The van der Waals surface area contributed by atoms with Crippen LogP contribution in [0.4, 0.5) is 0 Å². The summed E-state index contributed by atoms with van der Waals surface area (Å²) in [5.74, 6) is 4.08. The minimum atomic E-state index is 0.212. The predicted octanol–water partition coefficient (Wildman–Crippen LogP) is 2.92. The average molecular weight is 301 g/mol. The quantitative estimate of drug-likeness (QED) is 0.924. The van der Waals surface area contributed by atoms with Crippen LogP contribution < -0.4 is 5.32 Å². The van der Waals surface area contributed by atoms with E-state index in [1.807, 2.05) is 11.8 Å². The smallest absolute Gasteiger partial charge is 0.244 e. The minimum Gasteiger partial charge on any atom is -0.338 e. The lowest BCUT2D eigenvalue weighted by Gasteiger charge is -2.22. The van der Waals surface area contributed by atoms with Crippen LogP contribution in [0.1, 0.15) is 47.6 Å². The van der Waals surface area contributed by atoms with Crippen molar-refractivity contribution in [2.75, 3.05) is 18.1 Å². The molecule has 1 aliphatic carbocycles. The Kier molecular flexibility index (Phi) is 3.69. The third-order valence-electron chi connectivity index (χ3n) is 4.36. The molecule has 1 aromatic carbocycles. The van der Waals surface area contributed by atoms with Crippen LogP contribution in [-0.2, 0) is 6.42 Å². The van der Waals surface area contributed by atoms with Gasteiger partial charge in [-0.05, 0) is 30.4 Å². The molecule has 110 valence electrons. The first-order valence-electron chi connectivity index (χ1n) is 7.64. The number of aromatic nitrogens is 2. The van der Waals surface area contributed by atoms with Gasteiger partial charge in [0.2, 0.25) is 5.89 Å². The molecule has 2 aromatic rings. The number of benzene rings is 1. The molecule has 2 unspecified atom stereocenters. The van der Waals surface area contributed by atoms with Gasteiger partial charge in [-0.25, -0.2) is 0 Å². The maximum Gasteiger partial charge on any atom is 0.244 e. The van der Waals surface area contributed by atoms with Crippen LogP contribution in [-0.4, -0.2) is 28.2 Å². The van der Waals surface area contributed by atoms with E-state index >= 15 is 0 Å². The van der Waals surface area contributed by atoms with Crippen LogP contribution in [0.5, 0.6) is 0 Å². The number of hydrogen-bond acceptors (Lipinski definition) is 5. The van der Waals surface area contributed by atoms with E-state index in [4.69, 9.17) is 9.51 Å². The highest BCUT2D eigenvalue weighted by molar-refractivity contribution is 7.99. The van der Waals surface area contributed by atoms with Gasteiger partial charge >= 0.3 is 0 Å². The molecule has 0 saturated carbocycles. The summed E-state index contributed by atoms with van der Waals surface area (Å²) in [5.41, 5.74) is 2.81. The molecule has 4 rings (SSSR count). The Balaban J connectivity index is 1.61.